The maximum Gasteiger partial charge on any atom is 0.251 e. The van der Waals surface area contributed by atoms with Crippen LogP contribution >= 0.6 is 11.3 Å². The quantitative estimate of drug-likeness (QED) is 0.780. The molecule has 0 saturated heterocycles. The summed E-state index contributed by atoms with van der Waals surface area (Å²) in [6.07, 6.45) is 0.857. The molecule has 0 aliphatic carbocycles. The van der Waals surface area contributed by atoms with E-state index in [1.54, 1.807) is 25.1 Å². The van der Waals surface area contributed by atoms with Crippen LogP contribution in [0, 0.1) is 0 Å². The Morgan fingerprint density at radius 3 is 2.90 bits per heavy atom. The normalized spacial score (nSPS) is 12.1. The van der Waals surface area contributed by atoms with Crippen LogP contribution in [-0.2, 0) is 4.79 Å². The monoisotopic (exact) mass is 306 g/mol. The maximum atomic E-state index is 12.1. The van der Waals surface area contributed by atoms with Crippen molar-refractivity contribution in [2.24, 2.45) is 0 Å². The number of nitrogens with zero attached hydrogens (tertiary/aromatic N) is 1. The number of hydrogen-bond acceptors (Lipinski definition) is 5. The van der Waals surface area contributed by atoms with Crippen molar-refractivity contribution in [3.63, 3.8) is 0 Å². The summed E-state index contributed by atoms with van der Waals surface area (Å²) in [5, 5.41) is 5.89. The third-order valence-corrected chi connectivity index (χ3v) is 3.80. The molecule has 0 radical (unpaired) electrons. The lowest BCUT2D eigenvalue weighted by Gasteiger charge is -2.13. The third-order valence-electron chi connectivity index (χ3n) is 2.96. The van der Waals surface area contributed by atoms with Gasteiger partial charge in [0, 0.05) is 12.1 Å². The van der Waals surface area contributed by atoms with Gasteiger partial charge in [0.2, 0.25) is 5.91 Å². The summed E-state index contributed by atoms with van der Waals surface area (Å²) >= 11 is 1.33. The van der Waals surface area contributed by atoms with Gasteiger partial charge < -0.3 is 16.4 Å². The summed E-state index contributed by atoms with van der Waals surface area (Å²) in [6.45, 7) is 4.23. The van der Waals surface area contributed by atoms with Gasteiger partial charge in [0.25, 0.3) is 5.91 Å². The predicted octanol–water partition coefficient (Wildman–Crippen LogP) is 1.52. The first-order valence-corrected chi connectivity index (χ1v) is 7.57. The summed E-state index contributed by atoms with van der Waals surface area (Å²) in [6, 6.07) is 4.58. The van der Waals surface area contributed by atoms with Crippen molar-refractivity contribution in [2.75, 3.05) is 12.3 Å². The molecule has 0 aliphatic heterocycles. The van der Waals surface area contributed by atoms with Crippen molar-refractivity contribution in [3.8, 4) is 0 Å². The minimum Gasteiger partial charge on any atom is -0.375 e. The topological polar surface area (TPSA) is 97.1 Å². The third kappa shape index (κ3) is 3.69. The van der Waals surface area contributed by atoms with E-state index in [-0.39, 0.29) is 11.8 Å². The predicted molar refractivity (Wildman–Crippen MR) is 84.3 cm³/mol. The lowest BCUT2D eigenvalue weighted by molar-refractivity contribution is -0.122. The summed E-state index contributed by atoms with van der Waals surface area (Å²) in [7, 11) is 0. The van der Waals surface area contributed by atoms with Crippen LogP contribution in [-0.4, -0.2) is 29.4 Å². The highest BCUT2D eigenvalue weighted by atomic mass is 32.1. The number of anilines is 1. The number of hydrogen-bond donors (Lipinski definition) is 3. The summed E-state index contributed by atoms with van der Waals surface area (Å²) in [5.74, 6) is -0.476. The number of carbonyl (C=O) groups excluding carboxylic acids is 2. The van der Waals surface area contributed by atoms with Crippen LogP contribution in [0.5, 0.6) is 0 Å². The summed E-state index contributed by atoms with van der Waals surface area (Å²) < 4.78 is 0.850. The van der Waals surface area contributed by atoms with E-state index < -0.39 is 6.04 Å². The van der Waals surface area contributed by atoms with E-state index >= 15 is 0 Å². The van der Waals surface area contributed by atoms with Gasteiger partial charge in [-0.15, -0.1) is 0 Å². The Morgan fingerprint density at radius 2 is 2.19 bits per heavy atom. The standard InChI is InChI=1S/C14H18N4O2S/c1-3-6-16-12(19)8(2)17-13(20)9-4-5-10-11(7-9)21-14(15)18-10/h4-5,7-8H,3,6H2,1-2H3,(H2,15,18)(H,16,19)(H,17,20). The Kier molecular flexibility index (Phi) is 4.74. The fraction of sp³-hybridized carbons (Fsp3) is 0.357. The minimum absolute atomic E-state index is 0.187. The molecule has 4 N–H and O–H groups in total. The van der Waals surface area contributed by atoms with Crippen molar-refractivity contribution in [1.29, 1.82) is 0 Å². The van der Waals surface area contributed by atoms with Gasteiger partial charge in [0.1, 0.15) is 6.04 Å². The van der Waals surface area contributed by atoms with E-state index in [0.29, 0.717) is 17.2 Å². The number of thiazole rings is 1. The molecule has 2 amide bonds. The van der Waals surface area contributed by atoms with Gasteiger partial charge in [-0.1, -0.05) is 18.3 Å². The van der Waals surface area contributed by atoms with E-state index in [1.807, 2.05) is 6.92 Å². The fourth-order valence-corrected chi connectivity index (χ4v) is 2.60. The van der Waals surface area contributed by atoms with E-state index in [9.17, 15) is 9.59 Å². The van der Waals surface area contributed by atoms with Gasteiger partial charge in [-0.3, -0.25) is 9.59 Å². The molecular formula is C14H18N4O2S. The lowest BCUT2D eigenvalue weighted by atomic mass is 10.2. The highest BCUT2D eigenvalue weighted by Gasteiger charge is 2.16. The molecule has 21 heavy (non-hydrogen) atoms. The van der Waals surface area contributed by atoms with E-state index in [0.717, 1.165) is 16.6 Å². The molecule has 0 aliphatic rings. The molecule has 2 rings (SSSR count). The fourth-order valence-electron chi connectivity index (χ4n) is 1.83. The van der Waals surface area contributed by atoms with Gasteiger partial charge in [0.05, 0.1) is 10.2 Å². The molecule has 7 heteroatoms. The second-order valence-corrected chi connectivity index (χ2v) is 5.78. The molecule has 1 unspecified atom stereocenters. The SMILES string of the molecule is CCCNC(=O)C(C)NC(=O)c1ccc2nc(N)sc2c1. The second kappa shape index (κ2) is 6.53. The first-order chi connectivity index (χ1) is 10.0. The molecule has 1 aromatic carbocycles. The average Bonchev–Trinajstić information content (AvgIpc) is 2.83. The Bertz CT molecular complexity index is 668. The van der Waals surface area contributed by atoms with Crippen molar-refractivity contribution in [1.82, 2.24) is 15.6 Å². The molecule has 112 valence electrons. The number of fused-ring (bicyclic) bond motifs is 1. The van der Waals surface area contributed by atoms with E-state index in [2.05, 4.69) is 15.6 Å². The molecule has 0 bridgehead atoms. The number of carbonyl (C=O) groups is 2. The van der Waals surface area contributed by atoms with Gasteiger partial charge in [0.15, 0.2) is 5.13 Å². The number of aromatic nitrogens is 1. The van der Waals surface area contributed by atoms with E-state index in [4.69, 9.17) is 5.73 Å². The highest BCUT2D eigenvalue weighted by Crippen LogP contribution is 2.24. The van der Waals surface area contributed by atoms with Crippen molar-refractivity contribution in [2.45, 2.75) is 26.3 Å². The number of benzene rings is 1. The van der Waals surface area contributed by atoms with Crippen LogP contribution < -0.4 is 16.4 Å². The summed E-state index contributed by atoms with van der Waals surface area (Å²) in [4.78, 5) is 28.0. The van der Waals surface area contributed by atoms with Crippen molar-refractivity contribution in [3.05, 3.63) is 23.8 Å². The zero-order valence-electron chi connectivity index (χ0n) is 12.0. The first kappa shape index (κ1) is 15.2. The first-order valence-electron chi connectivity index (χ1n) is 6.76. The Balaban J connectivity index is 2.05. The molecule has 1 heterocycles. The van der Waals surface area contributed by atoms with Crippen LogP contribution in [0.15, 0.2) is 18.2 Å². The van der Waals surface area contributed by atoms with Crippen LogP contribution in [0.25, 0.3) is 10.2 Å². The van der Waals surface area contributed by atoms with Crippen molar-refractivity contribution >= 4 is 38.5 Å². The zero-order valence-corrected chi connectivity index (χ0v) is 12.8. The number of nitrogens with one attached hydrogen (secondary N) is 2. The van der Waals surface area contributed by atoms with Gasteiger partial charge >= 0.3 is 0 Å². The molecule has 6 nitrogen and oxygen atoms in total. The largest absolute Gasteiger partial charge is 0.375 e. The number of rotatable bonds is 5. The smallest absolute Gasteiger partial charge is 0.251 e. The molecule has 1 aromatic heterocycles. The van der Waals surface area contributed by atoms with E-state index in [1.165, 1.54) is 11.3 Å². The minimum atomic E-state index is -0.578. The lowest BCUT2D eigenvalue weighted by Crippen LogP contribution is -2.44. The van der Waals surface area contributed by atoms with Crippen LogP contribution in [0.2, 0.25) is 0 Å². The molecule has 0 spiro atoms. The van der Waals surface area contributed by atoms with Gasteiger partial charge in [-0.25, -0.2) is 4.98 Å². The highest BCUT2D eigenvalue weighted by molar-refractivity contribution is 7.22. The Morgan fingerprint density at radius 1 is 1.43 bits per heavy atom. The van der Waals surface area contributed by atoms with Crippen LogP contribution in [0.3, 0.4) is 0 Å². The molecular weight excluding hydrogens is 288 g/mol. The van der Waals surface area contributed by atoms with Gasteiger partial charge in [-0.05, 0) is 31.5 Å². The molecule has 1 atom stereocenters. The molecule has 0 fully saturated rings. The maximum absolute atomic E-state index is 12.1. The number of nitrogens with two attached hydrogens (primary N) is 1. The Labute approximate surface area is 126 Å². The molecule has 0 saturated carbocycles. The van der Waals surface area contributed by atoms with Crippen LogP contribution in [0.4, 0.5) is 5.13 Å². The summed E-state index contributed by atoms with van der Waals surface area (Å²) in [5.41, 5.74) is 6.89. The van der Waals surface area contributed by atoms with Crippen LogP contribution in [0.1, 0.15) is 30.6 Å². The Hall–Kier alpha value is -2.15. The molecule has 2 aromatic rings. The number of amides is 2. The van der Waals surface area contributed by atoms with Crippen molar-refractivity contribution < 1.29 is 9.59 Å². The second-order valence-electron chi connectivity index (χ2n) is 4.72. The zero-order chi connectivity index (χ0) is 15.4. The average molecular weight is 306 g/mol. The number of nitrogen functional groups attached to an aromatic ring is 1. The van der Waals surface area contributed by atoms with Gasteiger partial charge in [-0.2, -0.15) is 0 Å².